The molecule has 0 atom stereocenters. The molecule has 2 aromatic rings. The lowest BCUT2D eigenvalue weighted by Gasteiger charge is -2.28. The van der Waals surface area contributed by atoms with Crippen molar-refractivity contribution < 1.29 is 5.11 Å². The number of phenols is 1. The maximum atomic E-state index is 10.8. The Bertz CT molecular complexity index is 646. The monoisotopic (exact) mass is 313 g/mol. The molecule has 2 rings (SSSR count). The average molecular weight is 313 g/mol. The molecule has 1 heterocycles. The summed E-state index contributed by atoms with van der Waals surface area (Å²) < 4.78 is 2.20. The second-order valence-corrected chi connectivity index (χ2v) is 8.57. The van der Waals surface area contributed by atoms with Crippen LogP contribution in [0, 0.1) is 0 Å². The number of hydrogen-bond donors (Lipinski definition) is 1. The lowest BCUT2D eigenvalue weighted by Crippen LogP contribution is -2.18. The highest BCUT2D eigenvalue weighted by Gasteiger charge is 2.26. The number of aromatic nitrogens is 1. The summed E-state index contributed by atoms with van der Waals surface area (Å²) in [5.41, 5.74) is 4.51. The van der Waals surface area contributed by atoms with E-state index in [0.717, 1.165) is 24.1 Å². The third-order valence-corrected chi connectivity index (χ3v) is 4.37. The highest BCUT2D eigenvalue weighted by molar-refractivity contribution is 5.50. The first kappa shape index (κ1) is 17.7. The van der Waals surface area contributed by atoms with Gasteiger partial charge in [0.05, 0.1) is 0 Å². The van der Waals surface area contributed by atoms with E-state index < -0.39 is 0 Å². The van der Waals surface area contributed by atoms with Crippen molar-refractivity contribution in [2.45, 2.75) is 72.3 Å². The highest BCUT2D eigenvalue weighted by atomic mass is 16.3. The van der Waals surface area contributed by atoms with Crippen molar-refractivity contribution in [3.05, 3.63) is 52.8 Å². The largest absolute Gasteiger partial charge is 0.507 e. The molecule has 0 bridgehead atoms. The number of hydrogen-bond acceptors (Lipinski definition) is 1. The first-order chi connectivity index (χ1) is 10.5. The van der Waals surface area contributed by atoms with E-state index in [-0.39, 0.29) is 10.8 Å². The first-order valence-corrected chi connectivity index (χ1v) is 8.54. The van der Waals surface area contributed by atoms with Crippen LogP contribution in [0.3, 0.4) is 0 Å². The minimum atomic E-state index is -0.0740. The van der Waals surface area contributed by atoms with E-state index >= 15 is 0 Å². The summed E-state index contributed by atoms with van der Waals surface area (Å²) in [7, 11) is 0. The van der Waals surface area contributed by atoms with Crippen molar-refractivity contribution in [1.82, 2.24) is 4.57 Å². The van der Waals surface area contributed by atoms with Crippen molar-refractivity contribution in [2.24, 2.45) is 0 Å². The Labute approximate surface area is 141 Å². The van der Waals surface area contributed by atoms with E-state index in [1.54, 1.807) is 0 Å². The van der Waals surface area contributed by atoms with Gasteiger partial charge in [0.2, 0.25) is 0 Å². The summed E-state index contributed by atoms with van der Waals surface area (Å²) in [6, 6.07) is 6.53. The van der Waals surface area contributed by atoms with Crippen LogP contribution in [0.1, 0.15) is 70.7 Å². The van der Waals surface area contributed by atoms with Crippen LogP contribution < -0.4 is 0 Å². The van der Waals surface area contributed by atoms with Gasteiger partial charge >= 0.3 is 0 Å². The molecule has 1 N–H and O–H groups in total. The van der Waals surface area contributed by atoms with Crippen LogP contribution in [0.15, 0.2) is 30.6 Å². The number of aromatic hydroxyl groups is 1. The molecule has 0 saturated heterocycles. The quantitative estimate of drug-likeness (QED) is 0.806. The van der Waals surface area contributed by atoms with E-state index in [2.05, 4.69) is 83.6 Å². The second-order valence-electron chi connectivity index (χ2n) is 8.57. The van der Waals surface area contributed by atoms with E-state index in [4.69, 9.17) is 0 Å². The predicted molar refractivity (Wildman–Crippen MR) is 98.4 cm³/mol. The van der Waals surface area contributed by atoms with Crippen LogP contribution in [0.5, 0.6) is 5.75 Å². The topological polar surface area (TPSA) is 25.2 Å². The lowest BCUT2D eigenvalue weighted by atomic mass is 9.78. The number of rotatable bonds is 3. The SMILES string of the molecule is CCn1ccc(Cc2cc(C(C)(C)C)c(O)c(C(C)(C)C)c2)c1. The summed E-state index contributed by atoms with van der Waals surface area (Å²) in [5, 5.41) is 10.8. The first-order valence-electron chi connectivity index (χ1n) is 8.54. The zero-order valence-electron chi connectivity index (χ0n) is 15.7. The molecule has 0 saturated carbocycles. The Morgan fingerprint density at radius 3 is 1.83 bits per heavy atom. The Balaban J connectivity index is 2.51. The van der Waals surface area contributed by atoms with Crippen molar-refractivity contribution in [3.8, 4) is 5.75 Å². The molecule has 1 aromatic carbocycles. The minimum absolute atomic E-state index is 0.0740. The maximum Gasteiger partial charge on any atom is 0.123 e. The van der Waals surface area contributed by atoms with Crippen LogP contribution in [-0.2, 0) is 23.8 Å². The van der Waals surface area contributed by atoms with Crippen LogP contribution in [0.4, 0.5) is 0 Å². The standard InChI is InChI=1S/C21H31NO/c1-8-22-10-9-15(14-22)11-16-12-17(20(2,3)4)19(23)18(13-16)21(5,6)7/h9-10,12-14,23H,8,11H2,1-7H3. The zero-order valence-corrected chi connectivity index (χ0v) is 15.7. The average Bonchev–Trinajstić information content (AvgIpc) is 2.85. The van der Waals surface area contributed by atoms with Gasteiger partial charge in [0, 0.05) is 18.9 Å². The molecule has 0 aliphatic rings. The van der Waals surface area contributed by atoms with Gasteiger partial charge in [-0.25, -0.2) is 0 Å². The molecule has 0 amide bonds. The van der Waals surface area contributed by atoms with Crippen LogP contribution in [0.25, 0.3) is 0 Å². The molecule has 2 heteroatoms. The molecule has 0 fully saturated rings. The fraction of sp³-hybridized carbons (Fsp3) is 0.524. The number of benzene rings is 1. The molecule has 126 valence electrons. The van der Waals surface area contributed by atoms with E-state index in [1.807, 2.05) is 0 Å². The molecule has 1 aromatic heterocycles. The molecule has 0 unspecified atom stereocenters. The Morgan fingerprint density at radius 1 is 0.913 bits per heavy atom. The van der Waals surface area contributed by atoms with Gasteiger partial charge in [0.25, 0.3) is 0 Å². The molecule has 0 aliphatic heterocycles. The highest BCUT2D eigenvalue weighted by Crippen LogP contribution is 2.40. The molecule has 0 spiro atoms. The Morgan fingerprint density at radius 2 is 1.43 bits per heavy atom. The predicted octanol–water partition coefficient (Wildman–Crippen LogP) is 5.40. The minimum Gasteiger partial charge on any atom is -0.507 e. The van der Waals surface area contributed by atoms with E-state index in [9.17, 15) is 5.11 Å². The van der Waals surface area contributed by atoms with Gasteiger partial charge in [-0.05, 0) is 52.5 Å². The van der Waals surface area contributed by atoms with Crippen LogP contribution >= 0.6 is 0 Å². The smallest absolute Gasteiger partial charge is 0.123 e. The molecule has 0 radical (unpaired) electrons. The van der Waals surface area contributed by atoms with Gasteiger partial charge in [0.15, 0.2) is 0 Å². The van der Waals surface area contributed by atoms with Crippen LogP contribution in [0.2, 0.25) is 0 Å². The van der Waals surface area contributed by atoms with Crippen molar-refractivity contribution in [1.29, 1.82) is 0 Å². The molecule has 23 heavy (non-hydrogen) atoms. The molecule has 0 aliphatic carbocycles. The lowest BCUT2D eigenvalue weighted by molar-refractivity contribution is 0.423. The fourth-order valence-corrected chi connectivity index (χ4v) is 2.97. The van der Waals surface area contributed by atoms with Gasteiger partial charge in [-0.1, -0.05) is 53.7 Å². The van der Waals surface area contributed by atoms with Crippen molar-refractivity contribution in [3.63, 3.8) is 0 Å². The van der Waals surface area contributed by atoms with Gasteiger partial charge in [-0.15, -0.1) is 0 Å². The maximum absolute atomic E-state index is 10.8. The summed E-state index contributed by atoms with van der Waals surface area (Å²) in [5.74, 6) is 0.458. The van der Waals surface area contributed by atoms with Crippen molar-refractivity contribution in [2.75, 3.05) is 0 Å². The number of nitrogens with zero attached hydrogens (tertiary/aromatic N) is 1. The van der Waals surface area contributed by atoms with Gasteiger partial charge in [-0.3, -0.25) is 0 Å². The van der Waals surface area contributed by atoms with Crippen molar-refractivity contribution >= 4 is 0 Å². The molecular formula is C21H31NO. The second kappa shape index (κ2) is 6.07. The fourth-order valence-electron chi connectivity index (χ4n) is 2.97. The number of phenolic OH excluding ortho intramolecular Hbond substituents is 1. The zero-order chi connectivity index (χ0) is 17.4. The van der Waals surface area contributed by atoms with E-state index in [1.165, 1.54) is 11.1 Å². The summed E-state index contributed by atoms with van der Waals surface area (Å²) in [4.78, 5) is 0. The Hall–Kier alpha value is -1.70. The normalized spacial score (nSPS) is 12.7. The number of aryl methyl sites for hydroxylation is 1. The summed E-state index contributed by atoms with van der Waals surface area (Å²) in [6.07, 6.45) is 5.24. The van der Waals surface area contributed by atoms with Crippen LogP contribution in [-0.4, -0.2) is 9.67 Å². The third kappa shape index (κ3) is 3.99. The molecular weight excluding hydrogens is 282 g/mol. The third-order valence-electron chi connectivity index (χ3n) is 4.37. The summed E-state index contributed by atoms with van der Waals surface area (Å²) >= 11 is 0. The van der Waals surface area contributed by atoms with E-state index in [0.29, 0.717) is 5.75 Å². The molecule has 2 nitrogen and oxygen atoms in total. The Kier molecular flexibility index (Phi) is 4.66. The summed E-state index contributed by atoms with van der Waals surface area (Å²) in [6.45, 7) is 16.1. The van der Waals surface area contributed by atoms with Gasteiger partial charge < -0.3 is 9.67 Å². The van der Waals surface area contributed by atoms with Gasteiger partial charge in [0.1, 0.15) is 5.75 Å². The van der Waals surface area contributed by atoms with Gasteiger partial charge in [-0.2, -0.15) is 0 Å².